The van der Waals surface area contributed by atoms with Crippen LogP contribution in [0.15, 0.2) is 35.9 Å². The Labute approximate surface area is 125 Å². The second-order valence-electron chi connectivity index (χ2n) is 4.27. The Bertz CT molecular complexity index is 432. The Morgan fingerprint density at radius 3 is 2.44 bits per heavy atom. The smallest absolute Gasteiger partial charge is 0.0318 e. The number of rotatable bonds is 5. The molecule has 0 atom stereocenters. The van der Waals surface area contributed by atoms with E-state index in [4.69, 9.17) is 0 Å². The van der Waals surface area contributed by atoms with Crippen molar-refractivity contribution in [3.05, 3.63) is 41.5 Å². The summed E-state index contributed by atoms with van der Waals surface area (Å²) in [5.41, 5.74) is 2.54. The highest BCUT2D eigenvalue weighted by Crippen LogP contribution is 2.26. The van der Waals surface area contributed by atoms with Crippen molar-refractivity contribution in [2.75, 3.05) is 0 Å². The predicted molar refractivity (Wildman–Crippen MR) is 89.6 cm³/mol. The first kappa shape index (κ1) is 15.3. The summed E-state index contributed by atoms with van der Waals surface area (Å²) in [6.45, 7) is 4.40. The molecule has 0 saturated carbocycles. The van der Waals surface area contributed by atoms with Crippen LogP contribution in [0.25, 0.3) is 3.58 Å². The van der Waals surface area contributed by atoms with E-state index >= 15 is 0 Å². The standard InChI is InChI=1S/C17H21I/c1-3-5-6-7-9-12-15(4-2)17(18)16-13-10-8-11-14-16/h8,10-11,13-14H,3-7H2,1-2H3. The third-order valence-electron chi connectivity index (χ3n) is 2.79. The van der Waals surface area contributed by atoms with Crippen LogP contribution in [0.1, 0.15) is 51.5 Å². The van der Waals surface area contributed by atoms with Crippen LogP contribution < -0.4 is 0 Å². The molecular formula is C17H21I. The predicted octanol–water partition coefficient (Wildman–Crippen LogP) is 5.83. The van der Waals surface area contributed by atoms with Crippen LogP contribution in [0.4, 0.5) is 0 Å². The van der Waals surface area contributed by atoms with Crippen LogP contribution in [0.2, 0.25) is 0 Å². The highest BCUT2D eigenvalue weighted by molar-refractivity contribution is 14.1. The Balaban J connectivity index is 2.75. The zero-order valence-electron chi connectivity index (χ0n) is 11.3. The van der Waals surface area contributed by atoms with E-state index in [9.17, 15) is 0 Å². The fraction of sp³-hybridized carbons (Fsp3) is 0.412. The highest BCUT2D eigenvalue weighted by atomic mass is 127. The molecular weight excluding hydrogens is 331 g/mol. The van der Waals surface area contributed by atoms with Gasteiger partial charge in [0.15, 0.2) is 0 Å². The first-order valence-electron chi connectivity index (χ1n) is 6.72. The lowest BCUT2D eigenvalue weighted by Crippen LogP contribution is -1.83. The average molecular weight is 352 g/mol. The van der Waals surface area contributed by atoms with E-state index < -0.39 is 0 Å². The summed E-state index contributed by atoms with van der Waals surface area (Å²) in [6, 6.07) is 10.5. The minimum atomic E-state index is 1.01. The van der Waals surface area contributed by atoms with Crippen LogP contribution in [0.3, 0.4) is 0 Å². The van der Waals surface area contributed by atoms with E-state index in [0.29, 0.717) is 0 Å². The first-order chi connectivity index (χ1) is 8.79. The minimum Gasteiger partial charge on any atom is -0.0982 e. The molecule has 1 heteroatoms. The molecule has 0 heterocycles. The minimum absolute atomic E-state index is 1.01. The van der Waals surface area contributed by atoms with Crippen LogP contribution >= 0.6 is 22.6 Å². The monoisotopic (exact) mass is 352 g/mol. The lowest BCUT2D eigenvalue weighted by Gasteiger charge is -2.03. The molecule has 0 spiro atoms. The summed E-state index contributed by atoms with van der Waals surface area (Å²) in [4.78, 5) is 0. The second-order valence-corrected chi connectivity index (χ2v) is 5.35. The fourth-order valence-electron chi connectivity index (χ4n) is 1.69. The molecule has 0 unspecified atom stereocenters. The van der Waals surface area contributed by atoms with Gasteiger partial charge < -0.3 is 0 Å². The van der Waals surface area contributed by atoms with Gasteiger partial charge in [-0.1, -0.05) is 68.9 Å². The number of benzene rings is 1. The molecule has 0 radical (unpaired) electrons. The number of unbranched alkanes of at least 4 members (excludes halogenated alkanes) is 3. The van der Waals surface area contributed by atoms with E-state index in [1.165, 1.54) is 34.0 Å². The van der Waals surface area contributed by atoms with Gasteiger partial charge in [-0.3, -0.25) is 0 Å². The third-order valence-corrected chi connectivity index (χ3v) is 4.06. The molecule has 0 aliphatic carbocycles. The molecule has 18 heavy (non-hydrogen) atoms. The van der Waals surface area contributed by atoms with Crippen molar-refractivity contribution in [2.24, 2.45) is 0 Å². The van der Waals surface area contributed by atoms with E-state index in [-0.39, 0.29) is 0 Å². The van der Waals surface area contributed by atoms with Gasteiger partial charge in [-0.15, -0.1) is 0 Å². The first-order valence-corrected chi connectivity index (χ1v) is 7.80. The van der Waals surface area contributed by atoms with Crippen molar-refractivity contribution >= 4 is 26.2 Å². The summed E-state index contributed by atoms with van der Waals surface area (Å²) in [6.07, 6.45) is 5.81. The number of hydrogen-bond donors (Lipinski definition) is 0. The largest absolute Gasteiger partial charge is 0.0982 e. The lowest BCUT2D eigenvalue weighted by molar-refractivity contribution is 0.737. The molecule has 0 bridgehead atoms. The van der Waals surface area contributed by atoms with Crippen molar-refractivity contribution in [1.82, 2.24) is 0 Å². The van der Waals surface area contributed by atoms with Crippen molar-refractivity contribution < 1.29 is 0 Å². The zero-order chi connectivity index (χ0) is 13.2. The third kappa shape index (κ3) is 5.27. The Kier molecular flexibility index (Phi) is 7.84. The summed E-state index contributed by atoms with van der Waals surface area (Å²) in [5.74, 6) is 6.66. The van der Waals surface area contributed by atoms with Gasteiger partial charge >= 0.3 is 0 Å². The normalized spacial score (nSPS) is 11.5. The van der Waals surface area contributed by atoms with E-state index in [0.717, 1.165) is 12.8 Å². The Hall–Kier alpha value is -0.750. The molecule has 1 aromatic rings. The van der Waals surface area contributed by atoms with Crippen LogP contribution in [0.5, 0.6) is 0 Å². The Morgan fingerprint density at radius 2 is 1.83 bits per heavy atom. The molecule has 1 aromatic carbocycles. The van der Waals surface area contributed by atoms with Gasteiger partial charge in [0.1, 0.15) is 0 Å². The maximum absolute atomic E-state index is 3.35. The number of hydrogen-bond acceptors (Lipinski definition) is 0. The van der Waals surface area contributed by atoms with Gasteiger partial charge in [-0.25, -0.2) is 0 Å². The molecule has 0 aromatic heterocycles. The van der Waals surface area contributed by atoms with Crippen LogP contribution in [-0.4, -0.2) is 0 Å². The topological polar surface area (TPSA) is 0 Å². The van der Waals surface area contributed by atoms with Gasteiger partial charge in [0.25, 0.3) is 0 Å². The fourth-order valence-corrected chi connectivity index (χ4v) is 2.57. The van der Waals surface area contributed by atoms with Crippen LogP contribution in [0, 0.1) is 11.8 Å². The van der Waals surface area contributed by atoms with E-state index in [1.807, 2.05) is 0 Å². The quantitative estimate of drug-likeness (QED) is 0.355. The van der Waals surface area contributed by atoms with Crippen molar-refractivity contribution in [2.45, 2.75) is 46.0 Å². The molecule has 0 aliphatic heterocycles. The van der Waals surface area contributed by atoms with Crippen LogP contribution in [-0.2, 0) is 0 Å². The van der Waals surface area contributed by atoms with Gasteiger partial charge in [0.2, 0.25) is 0 Å². The maximum Gasteiger partial charge on any atom is 0.0318 e. The molecule has 0 nitrogen and oxygen atoms in total. The summed E-state index contributed by atoms with van der Waals surface area (Å²) in [7, 11) is 0. The molecule has 0 amide bonds. The molecule has 0 fully saturated rings. The van der Waals surface area contributed by atoms with Gasteiger partial charge in [-0.2, -0.15) is 0 Å². The SMILES string of the molecule is CCCCCC#CC(CC)=C(I)c1ccccc1. The van der Waals surface area contributed by atoms with E-state index in [2.05, 4.69) is 78.6 Å². The highest BCUT2D eigenvalue weighted by Gasteiger charge is 2.01. The summed E-state index contributed by atoms with van der Waals surface area (Å²) in [5, 5.41) is 0. The van der Waals surface area contributed by atoms with Crippen molar-refractivity contribution in [3.8, 4) is 11.8 Å². The molecule has 96 valence electrons. The molecule has 1 rings (SSSR count). The Morgan fingerprint density at radius 1 is 1.11 bits per heavy atom. The number of allylic oxidation sites excluding steroid dienone is 1. The van der Waals surface area contributed by atoms with Gasteiger partial charge in [-0.05, 0) is 41.0 Å². The van der Waals surface area contributed by atoms with Gasteiger partial charge in [0, 0.05) is 15.6 Å². The summed E-state index contributed by atoms with van der Waals surface area (Å²) >= 11 is 2.42. The molecule has 0 saturated heterocycles. The average Bonchev–Trinajstić information content (AvgIpc) is 2.43. The number of halogens is 1. The van der Waals surface area contributed by atoms with E-state index in [1.54, 1.807) is 0 Å². The lowest BCUT2D eigenvalue weighted by atomic mass is 10.1. The van der Waals surface area contributed by atoms with Crippen molar-refractivity contribution in [1.29, 1.82) is 0 Å². The molecule has 0 aliphatic rings. The zero-order valence-corrected chi connectivity index (χ0v) is 13.5. The van der Waals surface area contributed by atoms with Crippen molar-refractivity contribution in [3.63, 3.8) is 0 Å². The van der Waals surface area contributed by atoms with Gasteiger partial charge in [0.05, 0.1) is 0 Å². The second kappa shape index (κ2) is 9.22. The maximum atomic E-state index is 3.35. The molecule has 0 N–H and O–H groups in total. The summed E-state index contributed by atoms with van der Waals surface area (Å²) < 4.78 is 1.29.